The van der Waals surface area contributed by atoms with Crippen molar-refractivity contribution in [2.45, 2.75) is 46.6 Å². The zero-order valence-corrected chi connectivity index (χ0v) is 18.2. The number of fused-ring (bicyclic) bond motifs is 3. The monoisotopic (exact) mass is 400 g/mol. The van der Waals surface area contributed by atoms with Gasteiger partial charge in [-0.25, -0.2) is 9.97 Å². The molecule has 5 rings (SSSR count). The normalized spacial score (nSPS) is 26.9. The Morgan fingerprint density at radius 2 is 1.79 bits per heavy atom. The number of hydrogen-bond acceptors (Lipinski definition) is 6. The van der Waals surface area contributed by atoms with Crippen molar-refractivity contribution in [2.75, 3.05) is 44.3 Å². The molecular weight excluding hydrogens is 368 g/mol. The lowest BCUT2D eigenvalue weighted by atomic mass is 9.88. The summed E-state index contributed by atoms with van der Waals surface area (Å²) >= 11 is 1.83. The molecule has 3 saturated heterocycles. The third-order valence-corrected chi connectivity index (χ3v) is 8.03. The zero-order chi connectivity index (χ0) is 19.3. The molecule has 0 radical (unpaired) electrons. The zero-order valence-electron chi connectivity index (χ0n) is 17.4. The van der Waals surface area contributed by atoms with Crippen LogP contribution in [0.25, 0.3) is 10.2 Å². The molecule has 2 aromatic rings. The number of rotatable bonds is 3. The van der Waals surface area contributed by atoms with Gasteiger partial charge in [0.25, 0.3) is 0 Å². The molecule has 2 unspecified atom stereocenters. The van der Waals surface area contributed by atoms with Crippen LogP contribution in [-0.4, -0.2) is 54.3 Å². The predicted octanol–water partition coefficient (Wildman–Crippen LogP) is 4.01. The molecule has 2 bridgehead atoms. The summed E-state index contributed by atoms with van der Waals surface area (Å²) in [5, 5.41) is 1.29. The fourth-order valence-corrected chi connectivity index (χ4v) is 6.17. The minimum absolute atomic E-state index is 0.643. The molecule has 3 aliphatic rings. The molecule has 0 aromatic carbocycles. The fraction of sp³-hybridized carbons (Fsp3) is 0.727. The highest BCUT2D eigenvalue weighted by Gasteiger charge is 2.33. The molecule has 28 heavy (non-hydrogen) atoms. The molecule has 0 aliphatic carbocycles. The second kappa shape index (κ2) is 7.54. The van der Waals surface area contributed by atoms with Crippen LogP contribution in [0.2, 0.25) is 0 Å². The van der Waals surface area contributed by atoms with Gasteiger partial charge >= 0.3 is 0 Å². The fourth-order valence-electron chi connectivity index (χ4n) is 5.13. The summed E-state index contributed by atoms with van der Waals surface area (Å²) in [6, 6.07) is 0. The van der Waals surface area contributed by atoms with Gasteiger partial charge in [0.2, 0.25) is 0 Å². The van der Waals surface area contributed by atoms with Crippen molar-refractivity contribution in [1.29, 1.82) is 0 Å². The van der Waals surface area contributed by atoms with Crippen LogP contribution < -0.4 is 4.90 Å². The Bertz CT molecular complexity index is 846. The predicted molar refractivity (Wildman–Crippen MR) is 115 cm³/mol. The van der Waals surface area contributed by atoms with E-state index in [1.165, 1.54) is 58.8 Å². The number of nitrogens with zero attached hydrogens (tertiary/aromatic N) is 4. The van der Waals surface area contributed by atoms with Gasteiger partial charge in [-0.3, -0.25) is 4.90 Å². The van der Waals surface area contributed by atoms with E-state index in [4.69, 9.17) is 14.7 Å². The lowest BCUT2D eigenvalue weighted by Crippen LogP contribution is -2.47. The van der Waals surface area contributed by atoms with Crippen molar-refractivity contribution >= 4 is 27.4 Å². The maximum Gasteiger partial charge on any atom is 0.146 e. The Balaban J connectivity index is 1.49. The van der Waals surface area contributed by atoms with Gasteiger partial charge in [0.05, 0.1) is 25.1 Å². The van der Waals surface area contributed by atoms with Crippen LogP contribution in [0.5, 0.6) is 0 Å². The summed E-state index contributed by atoms with van der Waals surface area (Å²) in [5.74, 6) is 4.33. The Labute approximate surface area is 172 Å². The minimum atomic E-state index is 0.643. The number of ether oxygens (including phenoxy) is 1. The van der Waals surface area contributed by atoms with Gasteiger partial charge in [-0.05, 0) is 57.7 Å². The smallest absolute Gasteiger partial charge is 0.146 e. The van der Waals surface area contributed by atoms with Crippen LogP contribution in [0.4, 0.5) is 5.82 Å². The second-order valence-corrected chi connectivity index (χ2v) is 10.5. The molecule has 0 amide bonds. The molecule has 2 atom stereocenters. The summed E-state index contributed by atoms with van der Waals surface area (Å²) in [5.41, 5.74) is 1.36. The van der Waals surface area contributed by atoms with E-state index in [-0.39, 0.29) is 0 Å². The van der Waals surface area contributed by atoms with Crippen LogP contribution in [-0.2, 0) is 11.3 Å². The van der Waals surface area contributed by atoms with Crippen LogP contribution in [0.15, 0.2) is 0 Å². The van der Waals surface area contributed by atoms with Gasteiger partial charge in [0.15, 0.2) is 0 Å². The summed E-state index contributed by atoms with van der Waals surface area (Å²) in [6.07, 6.45) is 3.90. The Kier molecular flexibility index (Phi) is 5.06. The van der Waals surface area contributed by atoms with Crippen molar-refractivity contribution in [2.24, 2.45) is 17.8 Å². The van der Waals surface area contributed by atoms with Gasteiger partial charge in [-0.15, -0.1) is 11.3 Å². The van der Waals surface area contributed by atoms with Crippen molar-refractivity contribution in [3.05, 3.63) is 16.3 Å². The van der Waals surface area contributed by atoms with Crippen LogP contribution >= 0.6 is 11.3 Å². The molecule has 152 valence electrons. The number of aromatic nitrogens is 2. The lowest BCUT2D eigenvalue weighted by molar-refractivity contribution is 0.00613. The highest BCUT2D eigenvalue weighted by atomic mass is 32.1. The van der Waals surface area contributed by atoms with E-state index < -0.39 is 0 Å². The number of likely N-dealkylation sites (tertiary alicyclic amines) is 1. The first-order valence-corrected chi connectivity index (χ1v) is 11.7. The highest BCUT2D eigenvalue weighted by molar-refractivity contribution is 7.18. The molecular formula is C22H32N4OS. The summed E-state index contributed by atoms with van der Waals surface area (Å²) in [4.78, 5) is 17.8. The first-order chi connectivity index (χ1) is 13.6. The van der Waals surface area contributed by atoms with E-state index >= 15 is 0 Å². The van der Waals surface area contributed by atoms with Gasteiger partial charge < -0.3 is 9.64 Å². The average Bonchev–Trinajstić information content (AvgIpc) is 2.96. The Morgan fingerprint density at radius 1 is 1.07 bits per heavy atom. The first-order valence-electron chi connectivity index (χ1n) is 10.9. The molecule has 5 nitrogen and oxygen atoms in total. The van der Waals surface area contributed by atoms with Crippen LogP contribution in [0.3, 0.4) is 0 Å². The molecule has 0 N–H and O–H groups in total. The molecule has 5 heterocycles. The number of anilines is 1. The van der Waals surface area contributed by atoms with E-state index in [1.807, 2.05) is 11.3 Å². The van der Waals surface area contributed by atoms with E-state index in [0.29, 0.717) is 11.8 Å². The van der Waals surface area contributed by atoms with Gasteiger partial charge in [0, 0.05) is 29.8 Å². The van der Waals surface area contributed by atoms with Crippen LogP contribution in [0, 0.1) is 31.6 Å². The number of thiophene rings is 1. The SMILES string of the molecule is Cc1sc2nc(CN3CCC(C)CC3)nc(N3CC4COCC(C4)C3)c2c1C. The van der Waals surface area contributed by atoms with Crippen molar-refractivity contribution < 1.29 is 4.74 Å². The van der Waals surface area contributed by atoms with Crippen molar-refractivity contribution in [3.8, 4) is 0 Å². The number of hydrogen-bond donors (Lipinski definition) is 0. The van der Waals surface area contributed by atoms with E-state index in [1.54, 1.807) is 0 Å². The third-order valence-electron chi connectivity index (χ3n) is 6.93. The molecule has 2 aromatic heterocycles. The Hall–Kier alpha value is -1.24. The quantitative estimate of drug-likeness (QED) is 0.779. The van der Waals surface area contributed by atoms with Gasteiger partial charge in [0.1, 0.15) is 16.5 Å². The van der Waals surface area contributed by atoms with Gasteiger partial charge in [-0.2, -0.15) is 0 Å². The Morgan fingerprint density at radius 3 is 2.50 bits per heavy atom. The van der Waals surface area contributed by atoms with E-state index in [0.717, 1.165) is 44.6 Å². The summed E-state index contributed by atoms with van der Waals surface area (Å²) < 4.78 is 5.80. The number of piperidine rings is 2. The van der Waals surface area contributed by atoms with E-state index in [9.17, 15) is 0 Å². The van der Waals surface area contributed by atoms with Crippen molar-refractivity contribution in [1.82, 2.24) is 14.9 Å². The maximum atomic E-state index is 5.80. The molecule has 3 aliphatic heterocycles. The summed E-state index contributed by atoms with van der Waals surface area (Å²) in [7, 11) is 0. The molecule has 0 saturated carbocycles. The highest BCUT2D eigenvalue weighted by Crippen LogP contribution is 2.38. The maximum absolute atomic E-state index is 5.80. The summed E-state index contributed by atoms with van der Waals surface area (Å²) in [6.45, 7) is 14.0. The lowest BCUT2D eigenvalue weighted by Gasteiger charge is -2.42. The van der Waals surface area contributed by atoms with E-state index in [2.05, 4.69) is 30.6 Å². The van der Waals surface area contributed by atoms with Crippen LogP contribution in [0.1, 0.15) is 42.5 Å². The molecule has 0 spiro atoms. The minimum Gasteiger partial charge on any atom is -0.381 e. The van der Waals surface area contributed by atoms with Gasteiger partial charge in [-0.1, -0.05) is 6.92 Å². The first kappa shape index (κ1) is 18.8. The molecule has 3 fully saturated rings. The number of aryl methyl sites for hydroxylation is 2. The average molecular weight is 401 g/mol. The second-order valence-electron chi connectivity index (χ2n) is 9.30. The standard InChI is InChI=1S/C22H32N4OS/c1-14-4-6-25(7-5-14)11-19-23-21(20-15(2)16(3)28-22(20)24-19)26-9-17-8-18(10-26)13-27-12-17/h14,17-18H,4-13H2,1-3H3. The topological polar surface area (TPSA) is 41.5 Å². The third kappa shape index (κ3) is 3.55. The molecule has 6 heteroatoms. The van der Waals surface area contributed by atoms with Crippen molar-refractivity contribution in [3.63, 3.8) is 0 Å². The largest absolute Gasteiger partial charge is 0.381 e.